The van der Waals surface area contributed by atoms with Crippen LogP contribution in [0.3, 0.4) is 0 Å². The van der Waals surface area contributed by atoms with Crippen LogP contribution in [-0.2, 0) is 14.8 Å². The van der Waals surface area contributed by atoms with Gasteiger partial charge in [0, 0.05) is 23.9 Å². The van der Waals surface area contributed by atoms with E-state index in [9.17, 15) is 13.2 Å². The number of rotatable bonds is 6. The van der Waals surface area contributed by atoms with Crippen molar-refractivity contribution in [2.75, 3.05) is 13.1 Å². The third-order valence-corrected chi connectivity index (χ3v) is 8.30. The van der Waals surface area contributed by atoms with Gasteiger partial charge in [-0.15, -0.1) is 11.3 Å². The molecule has 2 aromatic carbocycles. The Morgan fingerprint density at radius 2 is 1.57 bits per heavy atom. The highest BCUT2D eigenvalue weighted by Crippen LogP contribution is 2.28. The van der Waals surface area contributed by atoms with Gasteiger partial charge in [0.15, 0.2) is 0 Å². The van der Waals surface area contributed by atoms with E-state index in [4.69, 9.17) is 0 Å². The lowest BCUT2D eigenvalue weighted by molar-refractivity contribution is -0.126. The first-order valence-electron chi connectivity index (χ1n) is 9.99. The van der Waals surface area contributed by atoms with Gasteiger partial charge in [-0.2, -0.15) is 4.31 Å². The van der Waals surface area contributed by atoms with Crippen molar-refractivity contribution in [1.82, 2.24) is 9.62 Å². The number of benzene rings is 2. The summed E-state index contributed by atoms with van der Waals surface area (Å²) in [4.78, 5) is 14.4. The first-order chi connectivity index (χ1) is 14.6. The molecule has 1 atom stereocenters. The van der Waals surface area contributed by atoms with Crippen LogP contribution >= 0.6 is 11.3 Å². The third kappa shape index (κ3) is 4.48. The summed E-state index contributed by atoms with van der Waals surface area (Å²) in [5, 5.41) is 5.20. The summed E-state index contributed by atoms with van der Waals surface area (Å²) in [6.07, 6.45) is 1.04. The van der Waals surface area contributed by atoms with E-state index >= 15 is 0 Å². The molecule has 1 aliphatic rings. The van der Waals surface area contributed by atoms with Crippen molar-refractivity contribution in [2.45, 2.75) is 23.8 Å². The number of nitrogens with zero attached hydrogens (tertiary/aromatic N) is 1. The van der Waals surface area contributed by atoms with Crippen molar-refractivity contribution >= 4 is 27.3 Å². The molecule has 0 bridgehead atoms. The fourth-order valence-electron chi connectivity index (χ4n) is 3.78. The maximum atomic E-state index is 13.0. The Morgan fingerprint density at radius 1 is 0.933 bits per heavy atom. The summed E-state index contributed by atoms with van der Waals surface area (Å²) in [6.45, 7) is 0.703. The highest BCUT2D eigenvalue weighted by atomic mass is 32.2. The zero-order valence-electron chi connectivity index (χ0n) is 16.5. The van der Waals surface area contributed by atoms with Crippen LogP contribution in [0, 0.1) is 5.92 Å². The molecule has 3 aromatic rings. The van der Waals surface area contributed by atoms with Crippen LogP contribution in [0.1, 0.15) is 29.3 Å². The summed E-state index contributed by atoms with van der Waals surface area (Å²) in [5.41, 5.74) is 1.04. The lowest BCUT2D eigenvalue weighted by Gasteiger charge is -2.31. The van der Waals surface area contributed by atoms with Crippen molar-refractivity contribution in [1.29, 1.82) is 0 Å². The molecule has 5 nitrogen and oxygen atoms in total. The summed E-state index contributed by atoms with van der Waals surface area (Å²) >= 11 is 1.61. The summed E-state index contributed by atoms with van der Waals surface area (Å²) in [7, 11) is -3.51. The van der Waals surface area contributed by atoms with Gasteiger partial charge in [0.2, 0.25) is 15.9 Å². The van der Waals surface area contributed by atoms with E-state index in [0.29, 0.717) is 30.8 Å². The molecule has 0 saturated carbocycles. The minimum absolute atomic E-state index is 0.0194. The van der Waals surface area contributed by atoms with Crippen LogP contribution in [0.5, 0.6) is 0 Å². The minimum atomic E-state index is -3.51. The van der Waals surface area contributed by atoms with Crippen LogP contribution in [0.4, 0.5) is 0 Å². The fraction of sp³-hybridized carbons (Fsp3) is 0.261. The average molecular weight is 441 g/mol. The zero-order chi connectivity index (χ0) is 21.0. The molecule has 1 N–H and O–H groups in total. The molecule has 0 spiro atoms. The number of nitrogens with one attached hydrogen (secondary N) is 1. The first kappa shape index (κ1) is 20.8. The van der Waals surface area contributed by atoms with E-state index in [0.717, 1.165) is 10.4 Å². The van der Waals surface area contributed by atoms with Gasteiger partial charge in [0.25, 0.3) is 0 Å². The third-order valence-electron chi connectivity index (χ3n) is 5.45. The topological polar surface area (TPSA) is 66.5 Å². The highest BCUT2D eigenvalue weighted by molar-refractivity contribution is 7.89. The molecule has 1 aliphatic heterocycles. The number of sulfonamides is 1. The molecule has 2 heterocycles. The smallest absolute Gasteiger partial charge is 0.243 e. The Morgan fingerprint density at radius 3 is 2.17 bits per heavy atom. The van der Waals surface area contributed by atoms with Crippen molar-refractivity contribution in [3.05, 3.63) is 88.6 Å². The van der Waals surface area contributed by atoms with Gasteiger partial charge in [-0.25, -0.2) is 8.42 Å². The number of hydrogen-bond acceptors (Lipinski definition) is 4. The average Bonchev–Trinajstić information content (AvgIpc) is 3.33. The molecule has 1 fully saturated rings. The van der Waals surface area contributed by atoms with Crippen LogP contribution in [-0.4, -0.2) is 31.7 Å². The second-order valence-corrected chi connectivity index (χ2v) is 10.3. The Kier molecular flexibility index (Phi) is 6.32. The second-order valence-electron chi connectivity index (χ2n) is 7.36. The maximum Gasteiger partial charge on any atom is 0.243 e. The van der Waals surface area contributed by atoms with E-state index in [2.05, 4.69) is 5.32 Å². The number of carbonyl (C=O) groups excluding carboxylic acids is 1. The van der Waals surface area contributed by atoms with Crippen molar-refractivity contribution < 1.29 is 13.2 Å². The number of hydrogen-bond donors (Lipinski definition) is 1. The largest absolute Gasteiger partial charge is 0.344 e. The van der Waals surface area contributed by atoms with Crippen molar-refractivity contribution in [2.24, 2.45) is 5.92 Å². The van der Waals surface area contributed by atoms with Crippen LogP contribution in [0.15, 0.2) is 83.1 Å². The molecular weight excluding hydrogens is 416 g/mol. The van der Waals surface area contributed by atoms with E-state index in [1.807, 2.05) is 47.8 Å². The number of piperidine rings is 1. The summed E-state index contributed by atoms with van der Waals surface area (Å²) in [5.74, 6) is -0.215. The molecule has 156 valence electrons. The lowest BCUT2D eigenvalue weighted by atomic mass is 9.96. The Hall–Kier alpha value is -2.48. The minimum Gasteiger partial charge on any atom is -0.344 e. The molecule has 7 heteroatoms. The fourth-order valence-corrected chi connectivity index (χ4v) is 6.07. The van der Waals surface area contributed by atoms with Gasteiger partial charge < -0.3 is 5.32 Å². The molecule has 30 heavy (non-hydrogen) atoms. The number of amides is 1. The second kappa shape index (κ2) is 9.12. The predicted octanol–water partition coefficient (Wildman–Crippen LogP) is 4.05. The van der Waals surface area contributed by atoms with Gasteiger partial charge in [0.1, 0.15) is 0 Å². The van der Waals surface area contributed by atoms with Crippen molar-refractivity contribution in [3.8, 4) is 0 Å². The first-order valence-corrected chi connectivity index (χ1v) is 12.3. The van der Waals surface area contributed by atoms with E-state index in [1.165, 1.54) is 4.31 Å². The normalized spacial score (nSPS) is 16.8. The van der Waals surface area contributed by atoms with E-state index in [1.54, 1.807) is 41.7 Å². The molecule has 1 amide bonds. The van der Waals surface area contributed by atoms with Gasteiger partial charge in [-0.3, -0.25) is 4.79 Å². The highest BCUT2D eigenvalue weighted by Gasteiger charge is 2.33. The van der Waals surface area contributed by atoms with Gasteiger partial charge in [-0.05, 0) is 42.0 Å². The molecule has 0 radical (unpaired) electrons. The van der Waals surface area contributed by atoms with Crippen LogP contribution < -0.4 is 5.32 Å². The zero-order valence-corrected chi connectivity index (χ0v) is 18.1. The lowest BCUT2D eigenvalue weighted by Crippen LogP contribution is -2.43. The molecule has 1 saturated heterocycles. The Bertz CT molecular complexity index is 1060. The van der Waals surface area contributed by atoms with Crippen LogP contribution in [0.25, 0.3) is 0 Å². The molecular formula is C23H24N2O3S2. The van der Waals surface area contributed by atoms with E-state index in [-0.39, 0.29) is 17.9 Å². The van der Waals surface area contributed by atoms with Gasteiger partial charge >= 0.3 is 0 Å². The molecule has 4 rings (SSSR count). The standard InChI is InChI=1S/C23H24N2O3S2/c26-23(24-22(21-12-7-17-29-21)18-8-3-1-4-9-18)19-13-15-25(16-14-19)30(27,28)20-10-5-2-6-11-20/h1-12,17,19,22H,13-16H2,(H,24,26)/t22-/m0/s1. The maximum absolute atomic E-state index is 13.0. The number of carbonyl (C=O) groups is 1. The predicted molar refractivity (Wildman–Crippen MR) is 119 cm³/mol. The van der Waals surface area contributed by atoms with Crippen molar-refractivity contribution in [3.63, 3.8) is 0 Å². The van der Waals surface area contributed by atoms with Gasteiger partial charge in [-0.1, -0.05) is 54.6 Å². The quantitative estimate of drug-likeness (QED) is 0.629. The SMILES string of the molecule is O=C(N[C@@H](c1ccccc1)c1cccs1)C1CCN(S(=O)(=O)c2ccccc2)CC1. The van der Waals surface area contributed by atoms with E-state index < -0.39 is 10.0 Å². The van der Waals surface area contributed by atoms with Crippen LogP contribution in [0.2, 0.25) is 0 Å². The molecule has 0 aliphatic carbocycles. The summed E-state index contributed by atoms with van der Waals surface area (Å²) in [6, 6.07) is 22.2. The Balaban J connectivity index is 1.43. The Labute approximate surface area is 181 Å². The monoisotopic (exact) mass is 440 g/mol. The summed E-state index contributed by atoms with van der Waals surface area (Å²) < 4.78 is 27.1. The molecule has 0 unspecified atom stereocenters. The van der Waals surface area contributed by atoms with Gasteiger partial charge in [0.05, 0.1) is 10.9 Å². The molecule has 1 aromatic heterocycles. The number of thiophene rings is 1.